The lowest BCUT2D eigenvalue weighted by Crippen LogP contribution is -2.30. The van der Waals surface area contributed by atoms with Crippen molar-refractivity contribution in [2.24, 2.45) is 5.92 Å². The first-order valence-electron chi connectivity index (χ1n) is 8.19. The van der Waals surface area contributed by atoms with Crippen LogP contribution in [0.2, 0.25) is 5.02 Å². The molecule has 1 fully saturated rings. The second-order valence-electron chi connectivity index (χ2n) is 6.35. The van der Waals surface area contributed by atoms with Gasteiger partial charge in [0, 0.05) is 0 Å². The Kier molecular flexibility index (Phi) is 5.50. The van der Waals surface area contributed by atoms with Crippen LogP contribution in [0.4, 0.5) is 15.8 Å². The van der Waals surface area contributed by atoms with Gasteiger partial charge in [-0.2, -0.15) is 0 Å². The molecule has 1 aliphatic rings. The average molecular weight is 463 g/mol. The van der Waals surface area contributed by atoms with Crippen LogP contribution in [0, 0.1) is 11.7 Å². The SMILES string of the molecule is COc1ccc(N2C(=O)[C@H](C)CS2(=O)=O)cc1S(=O)(=O)Nc1ccc(F)c(Cl)c1. The highest BCUT2D eigenvalue weighted by Crippen LogP contribution is 2.34. The van der Waals surface area contributed by atoms with Crippen molar-refractivity contribution in [2.75, 3.05) is 21.9 Å². The zero-order valence-electron chi connectivity index (χ0n) is 15.2. The van der Waals surface area contributed by atoms with Crippen LogP contribution >= 0.6 is 11.6 Å². The molecule has 29 heavy (non-hydrogen) atoms. The Morgan fingerprint density at radius 3 is 2.48 bits per heavy atom. The first-order valence-corrected chi connectivity index (χ1v) is 11.7. The number of halogens is 2. The topological polar surface area (TPSA) is 110 Å². The fraction of sp³-hybridized carbons (Fsp3) is 0.235. The van der Waals surface area contributed by atoms with E-state index in [0.717, 1.165) is 18.2 Å². The Morgan fingerprint density at radius 2 is 1.93 bits per heavy atom. The van der Waals surface area contributed by atoms with E-state index in [1.165, 1.54) is 32.2 Å². The molecule has 1 heterocycles. The minimum atomic E-state index is -4.29. The van der Waals surface area contributed by atoms with Crippen molar-refractivity contribution in [1.82, 2.24) is 0 Å². The number of rotatable bonds is 5. The summed E-state index contributed by atoms with van der Waals surface area (Å²) in [6, 6.07) is 6.80. The molecule has 0 radical (unpaired) electrons. The number of nitrogens with one attached hydrogen (secondary N) is 1. The van der Waals surface area contributed by atoms with Crippen molar-refractivity contribution < 1.29 is 30.8 Å². The highest BCUT2D eigenvalue weighted by atomic mass is 35.5. The van der Waals surface area contributed by atoms with Crippen molar-refractivity contribution in [2.45, 2.75) is 11.8 Å². The molecular weight excluding hydrogens is 447 g/mol. The van der Waals surface area contributed by atoms with Gasteiger partial charge in [-0.3, -0.25) is 9.52 Å². The summed E-state index contributed by atoms with van der Waals surface area (Å²) in [7, 11) is -6.98. The third-order valence-electron chi connectivity index (χ3n) is 4.20. The van der Waals surface area contributed by atoms with Crippen LogP contribution in [0.1, 0.15) is 6.92 Å². The maximum atomic E-state index is 13.3. The molecule has 1 saturated heterocycles. The number of methoxy groups -OCH3 is 1. The smallest absolute Gasteiger partial charge is 0.265 e. The highest BCUT2D eigenvalue weighted by molar-refractivity contribution is 7.94. The minimum Gasteiger partial charge on any atom is -0.495 e. The van der Waals surface area contributed by atoms with Gasteiger partial charge >= 0.3 is 0 Å². The maximum absolute atomic E-state index is 13.3. The van der Waals surface area contributed by atoms with E-state index in [0.29, 0.717) is 4.31 Å². The first-order chi connectivity index (χ1) is 13.5. The first kappa shape index (κ1) is 21.3. The van der Waals surface area contributed by atoms with E-state index in [1.54, 1.807) is 0 Å². The predicted molar refractivity (Wildman–Crippen MR) is 106 cm³/mol. The van der Waals surface area contributed by atoms with E-state index in [4.69, 9.17) is 16.3 Å². The van der Waals surface area contributed by atoms with Crippen LogP contribution in [-0.2, 0) is 24.8 Å². The fourth-order valence-electron chi connectivity index (χ4n) is 2.86. The summed E-state index contributed by atoms with van der Waals surface area (Å²) in [4.78, 5) is 11.9. The minimum absolute atomic E-state index is 0.0117. The Bertz CT molecular complexity index is 1200. The number of anilines is 2. The molecule has 2 aromatic rings. The van der Waals surface area contributed by atoms with Gasteiger partial charge in [0.25, 0.3) is 10.0 Å². The molecule has 8 nitrogen and oxygen atoms in total. The molecule has 1 atom stereocenters. The van der Waals surface area contributed by atoms with Gasteiger partial charge in [0.15, 0.2) is 0 Å². The summed E-state index contributed by atoms with van der Waals surface area (Å²) in [5.41, 5.74) is -0.139. The molecule has 0 unspecified atom stereocenters. The maximum Gasteiger partial charge on any atom is 0.265 e. The molecule has 1 N–H and O–H groups in total. The summed E-state index contributed by atoms with van der Waals surface area (Å²) < 4.78 is 71.6. The van der Waals surface area contributed by atoms with E-state index in [1.807, 2.05) is 0 Å². The zero-order valence-corrected chi connectivity index (χ0v) is 17.6. The fourth-order valence-corrected chi connectivity index (χ4v) is 6.09. The van der Waals surface area contributed by atoms with Crippen molar-refractivity contribution in [3.05, 3.63) is 47.2 Å². The number of benzene rings is 2. The Labute approximate surface area is 172 Å². The summed E-state index contributed by atoms with van der Waals surface area (Å²) in [6.07, 6.45) is 0. The summed E-state index contributed by atoms with van der Waals surface area (Å²) in [5.74, 6) is -2.57. The lowest BCUT2D eigenvalue weighted by molar-refractivity contribution is -0.119. The van der Waals surface area contributed by atoms with E-state index >= 15 is 0 Å². The molecular formula is C17H16ClFN2O6S2. The number of carbonyl (C=O) groups excluding carboxylic acids is 1. The van der Waals surface area contributed by atoms with Gasteiger partial charge in [-0.05, 0) is 36.4 Å². The lowest BCUT2D eigenvalue weighted by atomic mass is 10.2. The summed E-state index contributed by atoms with van der Waals surface area (Å²) >= 11 is 5.67. The molecule has 0 spiro atoms. The number of nitrogens with zero attached hydrogens (tertiary/aromatic N) is 1. The summed E-state index contributed by atoms with van der Waals surface area (Å²) in [6.45, 7) is 1.47. The average Bonchev–Trinajstić information content (AvgIpc) is 2.84. The summed E-state index contributed by atoms with van der Waals surface area (Å²) in [5, 5.41) is -0.284. The van der Waals surface area contributed by atoms with Crippen LogP contribution in [-0.4, -0.2) is 35.6 Å². The van der Waals surface area contributed by atoms with E-state index in [2.05, 4.69) is 4.72 Å². The van der Waals surface area contributed by atoms with Crippen molar-refractivity contribution in [3.8, 4) is 5.75 Å². The van der Waals surface area contributed by atoms with E-state index in [9.17, 15) is 26.0 Å². The molecule has 3 rings (SSSR count). The Morgan fingerprint density at radius 1 is 1.24 bits per heavy atom. The van der Waals surface area contributed by atoms with Gasteiger partial charge < -0.3 is 4.74 Å². The number of hydrogen-bond donors (Lipinski definition) is 1. The number of amides is 1. The third kappa shape index (κ3) is 4.02. The molecule has 0 bridgehead atoms. The largest absolute Gasteiger partial charge is 0.495 e. The molecule has 156 valence electrons. The molecule has 1 aliphatic heterocycles. The van der Waals surface area contributed by atoms with Crippen molar-refractivity contribution in [1.29, 1.82) is 0 Å². The molecule has 0 aromatic heterocycles. The van der Waals surface area contributed by atoms with Crippen LogP contribution < -0.4 is 13.8 Å². The van der Waals surface area contributed by atoms with Gasteiger partial charge in [0.05, 0.1) is 35.2 Å². The third-order valence-corrected chi connectivity index (χ3v) is 7.76. The van der Waals surface area contributed by atoms with Gasteiger partial charge in [0.2, 0.25) is 15.9 Å². The van der Waals surface area contributed by atoms with Crippen molar-refractivity contribution >= 4 is 48.9 Å². The van der Waals surface area contributed by atoms with Crippen LogP contribution in [0.25, 0.3) is 0 Å². The van der Waals surface area contributed by atoms with Crippen LogP contribution in [0.3, 0.4) is 0 Å². The molecule has 0 saturated carbocycles. The van der Waals surface area contributed by atoms with Gasteiger partial charge in [-0.15, -0.1) is 0 Å². The van der Waals surface area contributed by atoms with Gasteiger partial charge in [0.1, 0.15) is 16.5 Å². The van der Waals surface area contributed by atoms with E-state index < -0.39 is 42.6 Å². The van der Waals surface area contributed by atoms with Crippen LogP contribution in [0.5, 0.6) is 5.75 Å². The standard InChI is InChI=1S/C17H16ClFN2O6S2/c1-10-9-28(23,24)21(17(10)22)12-4-6-15(27-2)16(8-12)29(25,26)20-11-3-5-14(19)13(18)7-11/h3-8,10,20H,9H2,1-2H3/t10-/m1/s1. The second kappa shape index (κ2) is 7.47. The second-order valence-corrected chi connectivity index (χ2v) is 10.3. The lowest BCUT2D eigenvalue weighted by Gasteiger charge is -2.18. The quantitative estimate of drug-likeness (QED) is 0.731. The Hall–Kier alpha value is -2.37. The number of ether oxygens (including phenoxy) is 1. The molecule has 0 aliphatic carbocycles. The van der Waals surface area contributed by atoms with Crippen LogP contribution in [0.15, 0.2) is 41.3 Å². The Balaban J connectivity index is 2.07. The zero-order chi connectivity index (χ0) is 21.6. The van der Waals surface area contributed by atoms with Crippen molar-refractivity contribution in [3.63, 3.8) is 0 Å². The number of carbonyl (C=O) groups is 1. The predicted octanol–water partition coefficient (Wildman–Crippen LogP) is 2.60. The molecule has 12 heteroatoms. The van der Waals surface area contributed by atoms with Gasteiger partial charge in [-0.1, -0.05) is 18.5 Å². The number of sulfonamides is 2. The highest BCUT2D eigenvalue weighted by Gasteiger charge is 2.42. The number of hydrogen-bond acceptors (Lipinski definition) is 6. The molecule has 1 amide bonds. The molecule has 2 aromatic carbocycles. The van der Waals surface area contributed by atoms with Gasteiger partial charge in [-0.25, -0.2) is 25.5 Å². The normalized spacial score (nSPS) is 18.7. The van der Waals surface area contributed by atoms with E-state index in [-0.39, 0.29) is 27.9 Å². The monoisotopic (exact) mass is 462 g/mol.